The topological polar surface area (TPSA) is 139 Å². The Morgan fingerprint density at radius 2 is 1.65 bits per heavy atom. The number of rotatable bonds is 10. The van der Waals surface area contributed by atoms with Crippen molar-refractivity contribution in [3.63, 3.8) is 0 Å². The van der Waals surface area contributed by atoms with Crippen LogP contribution in [0.5, 0.6) is 11.5 Å². The van der Waals surface area contributed by atoms with Crippen LogP contribution in [0.25, 0.3) is 0 Å². The van der Waals surface area contributed by atoms with Gasteiger partial charge in [-0.25, -0.2) is 4.79 Å². The number of carboxylic acid groups (broad SMARTS) is 1. The minimum atomic E-state index is -1.06. The Balaban J connectivity index is 1.23. The predicted molar refractivity (Wildman–Crippen MR) is 160 cm³/mol. The number of piperazine rings is 1. The van der Waals surface area contributed by atoms with Crippen LogP contribution >= 0.6 is 0 Å². The van der Waals surface area contributed by atoms with Crippen LogP contribution in [0.3, 0.4) is 0 Å². The SMILES string of the molecule is CCCCN1C(=O)[C@@H]([C@H](O)C2CCCCC2)NC(=O)C12CC[N+]([O-])(Cc1ccc(Oc3ccc(C(=O)O)cc3)cc1)CC2. The van der Waals surface area contributed by atoms with E-state index < -0.39 is 28.3 Å². The van der Waals surface area contributed by atoms with E-state index in [1.807, 2.05) is 19.1 Å². The summed E-state index contributed by atoms with van der Waals surface area (Å²) < 4.78 is 5.32. The number of hydrogen-bond donors (Lipinski definition) is 3. The summed E-state index contributed by atoms with van der Waals surface area (Å²) in [5.41, 5.74) is -0.0483. The Kier molecular flexibility index (Phi) is 9.39. The van der Waals surface area contributed by atoms with E-state index in [2.05, 4.69) is 5.32 Å². The smallest absolute Gasteiger partial charge is 0.335 e. The minimum absolute atomic E-state index is 0.0108. The van der Waals surface area contributed by atoms with Crippen molar-refractivity contribution in [1.82, 2.24) is 10.2 Å². The molecule has 2 amide bonds. The van der Waals surface area contributed by atoms with Crippen molar-refractivity contribution >= 4 is 17.8 Å². The molecule has 2 saturated heterocycles. The van der Waals surface area contributed by atoms with E-state index in [-0.39, 0.29) is 55.8 Å². The van der Waals surface area contributed by atoms with Crippen LogP contribution < -0.4 is 10.1 Å². The number of hydrogen-bond acceptors (Lipinski definition) is 6. The molecule has 2 aromatic carbocycles. The third-order valence-electron chi connectivity index (χ3n) is 9.56. The summed E-state index contributed by atoms with van der Waals surface area (Å²) in [4.78, 5) is 40.3. The molecular formula is C33H43N3O7. The first-order valence-corrected chi connectivity index (χ1v) is 15.6. The number of carboxylic acids is 1. The highest BCUT2D eigenvalue weighted by atomic mass is 16.5. The fraction of sp³-hybridized carbons (Fsp3) is 0.545. The first kappa shape index (κ1) is 31.0. The Morgan fingerprint density at radius 3 is 2.23 bits per heavy atom. The van der Waals surface area contributed by atoms with Crippen LogP contribution in [0.1, 0.15) is 80.6 Å². The number of piperidine rings is 1. The van der Waals surface area contributed by atoms with Gasteiger partial charge in [-0.2, -0.15) is 0 Å². The van der Waals surface area contributed by atoms with Crippen LogP contribution in [0.4, 0.5) is 0 Å². The lowest BCUT2D eigenvalue weighted by Gasteiger charge is -2.56. The Morgan fingerprint density at radius 1 is 1.05 bits per heavy atom. The molecule has 2 aliphatic heterocycles. The molecule has 1 spiro atoms. The number of nitrogens with zero attached hydrogens (tertiary/aromatic N) is 2. The van der Waals surface area contributed by atoms with Crippen molar-refractivity contribution in [2.75, 3.05) is 19.6 Å². The van der Waals surface area contributed by atoms with E-state index in [0.29, 0.717) is 18.0 Å². The third kappa shape index (κ3) is 6.71. The van der Waals surface area contributed by atoms with Crippen molar-refractivity contribution < 1.29 is 34.0 Å². The van der Waals surface area contributed by atoms with Gasteiger partial charge >= 0.3 is 5.97 Å². The number of hydroxylamine groups is 3. The van der Waals surface area contributed by atoms with Crippen molar-refractivity contribution in [1.29, 1.82) is 0 Å². The normalized spacial score (nSPS) is 27.1. The molecule has 3 aliphatic rings. The molecule has 0 aromatic heterocycles. The van der Waals surface area contributed by atoms with Gasteiger partial charge in [-0.1, -0.05) is 32.6 Å². The van der Waals surface area contributed by atoms with E-state index in [1.165, 1.54) is 12.1 Å². The number of aromatic carboxylic acids is 1. The molecule has 3 fully saturated rings. The molecule has 2 atom stereocenters. The van der Waals surface area contributed by atoms with E-state index in [9.17, 15) is 24.7 Å². The number of amides is 2. The van der Waals surface area contributed by atoms with Crippen LogP contribution in [0, 0.1) is 11.1 Å². The summed E-state index contributed by atoms with van der Waals surface area (Å²) in [6.45, 7) is 3.12. The van der Waals surface area contributed by atoms with Gasteiger partial charge in [-0.3, -0.25) is 9.59 Å². The summed E-state index contributed by atoms with van der Waals surface area (Å²) in [7, 11) is 0. The van der Waals surface area contributed by atoms with Gasteiger partial charge in [-0.05, 0) is 73.7 Å². The van der Waals surface area contributed by atoms with Gasteiger partial charge in [0.1, 0.15) is 29.6 Å². The monoisotopic (exact) mass is 593 g/mol. The average Bonchev–Trinajstić information content (AvgIpc) is 3.01. The van der Waals surface area contributed by atoms with Crippen LogP contribution in [-0.2, 0) is 16.1 Å². The zero-order chi connectivity index (χ0) is 30.6. The summed E-state index contributed by atoms with van der Waals surface area (Å²) >= 11 is 0. The minimum Gasteiger partial charge on any atom is -0.633 e. The van der Waals surface area contributed by atoms with Crippen molar-refractivity contribution in [2.24, 2.45) is 5.92 Å². The molecule has 1 saturated carbocycles. The van der Waals surface area contributed by atoms with Crippen molar-refractivity contribution in [2.45, 2.75) is 88.9 Å². The second-order valence-electron chi connectivity index (χ2n) is 12.5. The molecule has 0 unspecified atom stereocenters. The van der Waals surface area contributed by atoms with Gasteiger partial charge in [-0.15, -0.1) is 0 Å². The standard InChI is InChI=1S/C33H43N3O7/c1-2-3-19-35-30(38)28(29(37)24-7-5-4-6-8-24)34-32(41)33(35)17-20-36(42,21-18-33)22-23-9-13-26(14-10-23)43-27-15-11-25(12-16-27)31(39)40/h9-16,24,28-29,37H,2-8,17-22H2,1H3,(H,34,41)(H,39,40)/t28-,29-,33?,36?/m1/s1. The van der Waals surface area contributed by atoms with Crippen molar-refractivity contribution in [3.05, 3.63) is 64.9 Å². The second kappa shape index (κ2) is 13.0. The lowest BCUT2D eigenvalue weighted by molar-refractivity contribution is -0.900. The fourth-order valence-corrected chi connectivity index (χ4v) is 6.93. The number of carbonyl (C=O) groups is 3. The molecule has 10 nitrogen and oxygen atoms in total. The maximum atomic E-state index is 13.9. The third-order valence-corrected chi connectivity index (χ3v) is 9.56. The zero-order valence-corrected chi connectivity index (χ0v) is 24.9. The summed E-state index contributed by atoms with van der Waals surface area (Å²) in [6, 6.07) is 12.4. The molecule has 2 aromatic rings. The first-order chi connectivity index (χ1) is 20.6. The lowest BCUT2D eigenvalue weighted by atomic mass is 9.77. The van der Waals surface area contributed by atoms with Crippen LogP contribution in [0.15, 0.2) is 48.5 Å². The van der Waals surface area contributed by atoms with E-state index in [0.717, 1.165) is 50.5 Å². The van der Waals surface area contributed by atoms with E-state index in [1.54, 1.807) is 29.2 Å². The number of benzene rings is 2. The summed E-state index contributed by atoms with van der Waals surface area (Å²) in [6.07, 6.45) is 6.20. The number of nitrogens with one attached hydrogen (secondary N) is 1. The van der Waals surface area contributed by atoms with Gasteiger partial charge in [0.05, 0.1) is 24.8 Å². The summed E-state index contributed by atoms with van der Waals surface area (Å²) in [5, 5.41) is 37.0. The fourth-order valence-electron chi connectivity index (χ4n) is 6.93. The number of aliphatic hydroxyl groups excluding tert-OH is 1. The Bertz CT molecular complexity index is 1280. The summed E-state index contributed by atoms with van der Waals surface area (Å²) in [5.74, 6) is -0.381. The van der Waals surface area contributed by atoms with Gasteiger partial charge in [0.25, 0.3) is 0 Å². The average molecular weight is 594 g/mol. The number of carbonyl (C=O) groups excluding carboxylic acids is 2. The molecule has 10 heteroatoms. The lowest BCUT2D eigenvalue weighted by Crippen LogP contribution is -2.75. The van der Waals surface area contributed by atoms with Crippen LogP contribution in [0.2, 0.25) is 0 Å². The Hall–Kier alpha value is -3.47. The second-order valence-corrected chi connectivity index (χ2v) is 12.5. The molecule has 1 aliphatic carbocycles. The molecular weight excluding hydrogens is 550 g/mol. The number of likely N-dealkylation sites (tertiary alicyclic amines) is 1. The zero-order valence-electron chi connectivity index (χ0n) is 24.9. The number of ether oxygens (including phenoxy) is 1. The predicted octanol–water partition coefficient (Wildman–Crippen LogP) is 4.59. The highest BCUT2D eigenvalue weighted by Crippen LogP contribution is 2.38. The molecule has 3 N–H and O–H groups in total. The molecule has 5 rings (SSSR count). The quantitative estimate of drug-likeness (QED) is 0.270. The number of aliphatic hydroxyl groups is 1. The van der Waals surface area contributed by atoms with Crippen LogP contribution in [-0.4, -0.2) is 74.9 Å². The molecule has 232 valence electrons. The molecule has 43 heavy (non-hydrogen) atoms. The van der Waals surface area contributed by atoms with Gasteiger partial charge < -0.3 is 35.0 Å². The first-order valence-electron chi connectivity index (χ1n) is 15.6. The molecule has 0 radical (unpaired) electrons. The van der Waals surface area contributed by atoms with Gasteiger partial charge in [0.2, 0.25) is 11.8 Å². The van der Waals surface area contributed by atoms with E-state index in [4.69, 9.17) is 9.84 Å². The molecule has 0 bridgehead atoms. The van der Waals surface area contributed by atoms with Crippen molar-refractivity contribution in [3.8, 4) is 11.5 Å². The maximum absolute atomic E-state index is 13.9. The maximum Gasteiger partial charge on any atom is 0.335 e. The van der Waals surface area contributed by atoms with Gasteiger partial charge in [0, 0.05) is 24.9 Å². The highest BCUT2D eigenvalue weighted by Gasteiger charge is 2.57. The Labute approximate surface area is 252 Å². The van der Waals surface area contributed by atoms with Gasteiger partial charge in [0.15, 0.2) is 0 Å². The molecule has 2 heterocycles. The number of quaternary nitrogens is 1. The largest absolute Gasteiger partial charge is 0.633 e. The highest BCUT2D eigenvalue weighted by molar-refractivity contribution is 6.00. The number of unbranched alkanes of at least 4 members (excludes halogenated alkanes) is 1. The van der Waals surface area contributed by atoms with E-state index >= 15 is 0 Å².